The lowest BCUT2D eigenvalue weighted by Crippen LogP contribution is -2.42. The summed E-state index contributed by atoms with van der Waals surface area (Å²) in [5, 5.41) is 10.1. The second kappa shape index (κ2) is 5.28. The van der Waals surface area contributed by atoms with E-state index < -0.39 is 18.2 Å². The van der Waals surface area contributed by atoms with Gasteiger partial charge in [-0.3, -0.25) is 0 Å². The van der Waals surface area contributed by atoms with E-state index in [1.165, 1.54) is 19.2 Å². The Morgan fingerprint density at radius 1 is 1.32 bits per heavy atom. The van der Waals surface area contributed by atoms with Gasteiger partial charge in [0.1, 0.15) is 5.75 Å². The van der Waals surface area contributed by atoms with Gasteiger partial charge in [-0.25, -0.2) is 0 Å². The van der Waals surface area contributed by atoms with Crippen LogP contribution in [0.25, 0.3) is 0 Å². The minimum Gasteiger partial charge on any atom is -0.496 e. The van der Waals surface area contributed by atoms with Crippen molar-refractivity contribution in [3.8, 4) is 5.75 Å². The van der Waals surface area contributed by atoms with E-state index in [1.807, 2.05) is 0 Å². The molecule has 0 bridgehead atoms. The van der Waals surface area contributed by atoms with E-state index in [-0.39, 0.29) is 17.7 Å². The van der Waals surface area contributed by atoms with Crippen molar-refractivity contribution in [1.29, 1.82) is 0 Å². The molecule has 0 saturated carbocycles. The first kappa shape index (κ1) is 15.6. The normalized spacial score (nSPS) is 15.1. The Morgan fingerprint density at radius 3 is 2.32 bits per heavy atom. The number of methoxy groups -OCH3 is 1. The van der Waals surface area contributed by atoms with Crippen molar-refractivity contribution in [2.24, 2.45) is 0 Å². The third kappa shape index (κ3) is 2.78. The average molecular weight is 277 g/mol. The van der Waals surface area contributed by atoms with Crippen LogP contribution < -0.4 is 10.5 Å². The number of rotatable bonds is 4. The molecule has 19 heavy (non-hydrogen) atoms. The summed E-state index contributed by atoms with van der Waals surface area (Å²) in [6, 6.07) is 2.54. The highest BCUT2D eigenvalue weighted by Crippen LogP contribution is 2.46. The van der Waals surface area contributed by atoms with E-state index in [1.54, 1.807) is 13.8 Å². The highest BCUT2D eigenvalue weighted by molar-refractivity contribution is 5.56. The molecule has 3 N–H and O–H groups in total. The molecule has 1 rings (SSSR count). The number of halogens is 3. The Labute approximate surface area is 110 Å². The number of nitrogen functional groups attached to an aromatic ring is 1. The zero-order chi connectivity index (χ0) is 14.8. The van der Waals surface area contributed by atoms with Gasteiger partial charge in [-0.05, 0) is 25.0 Å². The molecule has 0 aliphatic heterocycles. The fourth-order valence-corrected chi connectivity index (χ4v) is 1.99. The van der Waals surface area contributed by atoms with Gasteiger partial charge >= 0.3 is 6.18 Å². The van der Waals surface area contributed by atoms with E-state index in [2.05, 4.69) is 0 Å². The Hall–Kier alpha value is -1.43. The molecule has 1 aromatic rings. The predicted octanol–water partition coefficient (Wildman–Crippen LogP) is 3.14. The van der Waals surface area contributed by atoms with Crippen LogP contribution >= 0.6 is 0 Å². The lowest BCUT2D eigenvalue weighted by Gasteiger charge is -2.32. The van der Waals surface area contributed by atoms with E-state index in [4.69, 9.17) is 10.5 Å². The van der Waals surface area contributed by atoms with Crippen LogP contribution in [-0.2, 0) is 5.60 Å². The number of hydrogen-bond donors (Lipinski definition) is 2. The number of anilines is 1. The maximum atomic E-state index is 13.2. The maximum absolute atomic E-state index is 13.2. The molecule has 0 fully saturated rings. The Balaban J connectivity index is 3.51. The van der Waals surface area contributed by atoms with E-state index >= 15 is 0 Å². The second-order valence-electron chi connectivity index (χ2n) is 4.52. The Morgan fingerprint density at radius 2 is 1.89 bits per heavy atom. The molecule has 3 nitrogen and oxygen atoms in total. The van der Waals surface area contributed by atoms with Crippen LogP contribution in [0.2, 0.25) is 0 Å². The summed E-state index contributed by atoms with van der Waals surface area (Å²) < 4.78 is 44.5. The maximum Gasteiger partial charge on any atom is 0.421 e. The van der Waals surface area contributed by atoms with Crippen LogP contribution in [0.15, 0.2) is 12.1 Å². The van der Waals surface area contributed by atoms with Crippen LogP contribution in [0.3, 0.4) is 0 Å². The lowest BCUT2D eigenvalue weighted by atomic mass is 9.86. The molecule has 0 heterocycles. The summed E-state index contributed by atoms with van der Waals surface area (Å²) in [5.74, 6) is -0.0589. The van der Waals surface area contributed by atoms with Gasteiger partial charge in [-0.15, -0.1) is 0 Å². The van der Waals surface area contributed by atoms with E-state index in [9.17, 15) is 18.3 Å². The van der Waals surface area contributed by atoms with Crippen molar-refractivity contribution in [2.45, 2.75) is 38.5 Å². The van der Waals surface area contributed by atoms with Crippen LogP contribution in [0.5, 0.6) is 5.75 Å². The first-order valence-corrected chi connectivity index (χ1v) is 5.91. The van der Waals surface area contributed by atoms with Crippen molar-refractivity contribution in [2.75, 3.05) is 12.8 Å². The number of nitrogens with two attached hydrogens (primary N) is 1. The van der Waals surface area contributed by atoms with Crippen molar-refractivity contribution in [1.82, 2.24) is 0 Å². The van der Waals surface area contributed by atoms with Crippen molar-refractivity contribution in [3.63, 3.8) is 0 Å². The van der Waals surface area contributed by atoms with Crippen molar-refractivity contribution >= 4 is 5.69 Å². The zero-order valence-corrected chi connectivity index (χ0v) is 11.1. The summed E-state index contributed by atoms with van der Waals surface area (Å²) in [6.07, 6.45) is -5.03. The van der Waals surface area contributed by atoms with Gasteiger partial charge in [0.15, 0.2) is 5.60 Å². The molecule has 0 aliphatic carbocycles. The highest BCUT2D eigenvalue weighted by atomic mass is 19.4. The molecule has 0 radical (unpaired) electrons. The summed E-state index contributed by atoms with van der Waals surface area (Å²) >= 11 is 0. The first-order valence-electron chi connectivity index (χ1n) is 5.91. The topological polar surface area (TPSA) is 55.5 Å². The number of benzene rings is 1. The third-order valence-electron chi connectivity index (χ3n) is 3.11. The molecular formula is C13H18F3NO2. The van der Waals surface area contributed by atoms with Gasteiger partial charge in [0.25, 0.3) is 0 Å². The van der Waals surface area contributed by atoms with Gasteiger partial charge < -0.3 is 15.6 Å². The number of hydrogen-bond acceptors (Lipinski definition) is 3. The average Bonchev–Trinajstić information content (AvgIpc) is 2.30. The monoisotopic (exact) mass is 277 g/mol. The van der Waals surface area contributed by atoms with E-state index in [0.29, 0.717) is 11.3 Å². The molecular weight excluding hydrogens is 259 g/mol. The number of aliphatic hydroxyl groups is 1. The van der Waals surface area contributed by atoms with Crippen molar-refractivity contribution < 1.29 is 23.0 Å². The van der Waals surface area contributed by atoms with Crippen molar-refractivity contribution in [3.05, 3.63) is 23.3 Å². The van der Waals surface area contributed by atoms with Gasteiger partial charge in [-0.2, -0.15) is 13.2 Å². The third-order valence-corrected chi connectivity index (χ3v) is 3.11. The molecule has 0 aliphatic rings. The quantitative estimate of drug-likeness (QED) is 0.831. The fourth-order valence-electron chi connectivity index (χ4n) is 1.99. The number of ether oxygens (including phenoxy) is 1. The standard InChI is InChI=1S/C13H18F3NO2/c1-4-5-12(18,13(14,15)16)9-6-8(2)10(17)7-11(9)19-3/h6-7,18H,4-5,17H2,1-3H3. The molecule has 0 saturated heterocycles. The van der Waals surface area contributed by atoms with Crippen LogP contribution in [0, 0.1) is 6.92 Å². The number of aryl methyl sites for hydroxylation is 1. The SMILES string of the molecule is CCCC(O)(c1cc(C)c(N)cc1OC)C(F)(F)F. The zero-order valence-electron chi connectivity index (χ0n) is 11.1. The molecule has 6 heteroatoms. The molecule has 1 unspecified atom stereocenters. The molecule has 108 valence electrons. The van der Waals surface area contributed by atoms with Crippen LogP contribution in [-0.4, -0.2) is 18.4 Å². The smallest absolute Gasteiger partial charge is 0.421 e. The van der Waals surface area contributed by atoms with Gasteiger partial charge in [0, 0.05) is 17.3 Å². The fraction of sp³-hybridized carbons (Fsp3) is 0.538. The Bertz CT molecular complexity index is 460. The lowest BCUT2D eigenvalue weighted by molar-refractivity contribution is -0.269. The summed E-state index contributed by atoms with van der Waals surface area (Å²) in [5.41, 5.74) is 3.22. The number of alkyl halides is 3. The summed E-state index contributed by atoms with van der Waals surface area (Å²) in [6.45, 7) is 3.16. The summed E-state index contributed by atoms with van der Waals surface area (Å²) in [4.78, 5) is 0. The molecule has 0 amide bonds. The largest absolute Gasteiger partial charge is 0.496 e. The second-order valence-corrected chi connectivity index (χ2v) is 4.52. The van der Waals surface area contributed by atoms with E-state index in [0.717, 1.165) is 0 Å². The highest BCUT2D eigenvalue weighted by Gasteiger charge is 2.55. The Kier molecular flexibility index (Phi) is 4.35. The van der Waals surface area contributed by atoms with Gasteiger partial charge in [0.2, 0.25) is 0 Å². The van der Waals surface area contributed by atoms with Gasteiger partial charge in [0.05, 0.1) is 7.11 Å². The predicted molar refractivity (Wildman–Crippen MR) is 67.0 cm³/mol. The molecule has 0 spiro atoms. The van der Waals surface area contributed by atoms with Gasteiger partial charge in [-0.1, -0.05) is 13.3 Å². The minimum atomic E-state index is -4.78. The van der Waals surface area contributed by atoms with Crippen LogP contribution in [0.1, 0.15) is 30.9 Å². The molecule has 1 atom stereocenters. The van der Waals surface area contributed by atoms with Crippen LogP contribution in [0.4, 0.5) is 18.9 Å². The first-order chi connectivity index (χ1) is 8.67. The minimum absolute atomic E-state index is 0.0589. The summed E-state index contributed by atoms with van der Waals surface area (Å²) in [7, 11) is 1.25. The molecule has 0 aromatic heterocycles. The molecule has 1 aromatic carbocycles.